The molecule has 0 bridgehead atoms. The van der Waals surface area contributed by atoms with Crippen molar-refractivity contribution in [3.8, 4) is 0 Å². The molecule has 1 aliphatic rings. The fraction of sp³-hybridized carbons (Fsp3) is 0.222. The minimum atomic E-state index is -0.628. The number of hydrogen-bond acceptors (Lipinski definition) is 2. The maximum atomic E-state index is 14.2. The molecule has 1 heterocycles. The van der Waals surface area contributed by atoms with Gasteiger partial charge in [0.15, 0.2) is 0 Å². The summed E-state index contributed by atoms with van der Waals surface area (Å²) in [6, 6.07) is 11.7. The van der Waals surface area contributed by atoms with Gasteiger partial charge in [0.05, 0.1) is 10.0 Å². The first-order valence-electron chi connectivity index (χ1n) is 7.75. The van der Waals surface area contributed by atoms with E-state index in [0.29, 0.717) is 31.7 Å². The van der Waals surface area contributed by atoms with Gasteiger partial charge in [-0.25, -0.2) is 4.39 Å². The average molecular weight is 426 g/mol. The van der Waals surface area contributed by atoms with Crippen LogP contribution in [0.25, 0.3) is 0 Å². The molecule has 2 aromatic carbocycles. The number of amides is 2. The highest BCUT2D eigenvalue weighted by molar-refractivity contribution is 9.10. The Hall–Kier alpha value is -1.92. The molecule has 3 rings (SSSR count). The first kappa shape index (κ1) is 17.9. The van der Waals surface area contributed by atoms with Gasteiger partial charge in [-0.15, -0.1) is 0 Å². The van der Waals surface area contributed by atoms with Crippen molar-refractivity contribution < 1.29 is 14.0 Å². The molecule has 2 amide bonds. The van der Waals surface area contributed by atoms with Crippen LogP contribution in [0.3, 0.4) is 0 Å². The van der Waals surface area contributed by atoms with Crippen LogP contribution in [0.5, 0.6) is 0 Å². The van der Waals surface area contributed by atoms with E-state index in [1.54, 1.807) is 17.0 Å². The van der Waals surface area contributed by atoms with E-state index in [9.17, 15) is 14.0 Å². The Kier molecular flexibility index (Phi) is 5.39. The molecule has 4 nitrogen and oxygen atoms in total. The van der Waals surface area contributed by atoms with E-state index < -0.39 is 11.7 Å². The van der Waals surface area contributed by atoms with Crippen LogP contribution < -0.4 is 0 Å². The SMILES string of the molecule is O=C(c1ccccc1)N1CCN(C(=O)c2cc(Cl)cc(Br)c2F)CC1. The molecule has 2 aromatic rings. The molecule has 1 fully saturated rings. The zero-order chi connectivity index (χ0) is 18.0. The summed E-state index contributed by atoms with van der Waals surface area (Å²) in [4.78, 5) is 28.2. The Morgan fingerprint density at radius 1 is 0.960 bits per heavy atom. The van der Waals surface area contributed by atoms with Gasteiger partial charge in [0.2, 0.25) is 0 Å². The van der Waals surface area contributed by atoms with Gasteiger partial charge < -0.3 is 9.80 Å². The Labute approximate surface area is 158 Å². The summed E-state index contributed by atoms with van der Waals surface area (Å²) in [6.07, 6.45) is 0. The zero-order valence-corrected chi connectivity index (χ0v) is 15.6. The Morgan fingerprint density at radius 3 is 2.12 bits per heavy atom. The molecule has 0 aromatic heterocycles. The van der Waals surface area contributed by atoms with Gasteiger partial charge in [-0.05, 0) is 40.2 Å². The molecule has 7 heteroatoms. The lowest BCUT2D eigenvalue weighted by Crippen LogP contribution is -2.50. The topological polar surface area (TPSA) is 40.6 Å². The molecule has 0 radical (unpaired) electrons. The van der Waals surface area contributed by atoms with Crippen LogP contribution in [-0.4, -0.2) is 47.8 Å². The lowest BCUT2D eigenvalue weighted by atomic mass is 10.1. The van der Waals surface area contributed by atoms with Crippen LogP contribution in [-0.2, 0) is 0 Å². The maximum absolute atomic E-state index is 14.2. The van der Waals surface area contributed by atoms with Gasteiger partial charge in [-0.3, -0.25) is 9.59 Å². The molecule has 0 unspecified atom stereocenters. The molecule has 0 aliphatic carbocycles. The summed E-state index contributed by atoms with van der Waals surface area (Å²) in [6.45, 7) is 1.51. The second-order valence-electron chi connectivity index (χ2n) is 5.70. The number of halogens is 3. The van der Waals surface area contributed by atoms with E-state index in [4.69, 9.17) is 11.6 Å². The van der Waals surface area contributed by atoms with E-state index >= 15 is 0 Å². The van der Waals surface area contributed by atoms with Crippen LogP contribution in [0.15, 0.2) is 46.9 Å². The molecule has 130 valence electrons. The highest BCUT2D eigenvalue weighted by Crippen LogP contribution is 2.25. The zero-order valence-electron chi connectivity index (χ0n) is 13.2. The van der Waals surface area contributed by atoms with Crippen molar-refractivity contribution in [3.63, 3.8) is 0 Å². The van der Waals surface area contributed by atoms with Crippen LogP contribution in [0.2, 0.25) is 5.02 Å². The molecule has 0 atom stereocenters. The Bertz CT molecular complexity index is 808. The smallest absolute Gasteiger partial charge is 0.257 e. The highest BCUT2D eigenvalue weighted by atomic mass is 79.9. The summed E-state index contributed by atoms with van der Waals surface area (Å²) in [5.74, 6) is -1.12. The fourth-order valence-electron chi connectivity index (χ4n) is 2.76. The largest absolute Gasteiger partial charge is 0.335 e. The summed E-state index contributed by atoms with van der Waals surface area (Å²) in [5.41, 5.74) is 0.550. The van der Waals surface area contributed by atoms with E-state index in [2.05, 4.69) is 15.9 Å². The first-order valence-corrected chi connectivity index (χ1v) is 8.92. The molecule has 0 saturated carbocycles. The van der Waals surface area contributed by atoms with Gasteiger partial charge in [0, 0.05) is 36.8 Å². The van der Waals surface area contributed by atoms with Crippen molar-refractivity contribution >= 4 is 39.3 Å². The predicted molar refractivity (Wildman–Crippen MR) is 97.4 cm³/mol. The minimum Gasteiger partial charge on any atom is -0.335 e. The lowest BCUT2D eigenvalue weighted by molar-refractivity contribution is 0.0532. The highest BCUT2D eigenvalue weighted by Gasteiger charge is 2.27. The van der Waals surface area contributed by atoms with E-state index in [1.807, 2.05) is 18.2 Å². The third-order valence-electron chi connectivity index (χ3n) is 4.10. The summed E-state index contributed by atoms with van der Waals surface area (Å²) >= 11 is 8.98. The molecule has 1 aliphatic heterocycles. The quantitative estimate of drug-likeness (QED) is 0.686. The van der Waals surface area contributed by atoms with Crippen molar-refractivity contribution in [3.05, 3.63) is 68.9 Å². The predicted octanol–water partition coefficient (Wildman–Crippen LogP) is 3.84. The van der Waals surface area contributed by atoms with Crippen LogP contribution in [0.1, 0.15) is 20.7 Å². The molecule has 0 spiro atoms. The van der Waals surface area contributed by atoms with E-state index in [1.165, 1.54) is 17.0 Å². The summed E-state index contributed by atoms with van der Waals surface area (Å²) in [5, 5.41) is 0.287. The van der Waals surface area contributed by atoms with Gasteiger partial charge >= 0.3 is 0 Å². The molecular formula is C18H15BrClFN2O2. The molecular weight excluding hydrogens is 411 g/mol. The molecule has 25 heavy (non-hydrogen) atoms. The van der Waals surface area contributed by atoms with Gasteiger partial charge in [-0.2, -0.15) is 0 Å². The normalized spacial score (nSPS) is 14.5. The van der Waals surface area contributed by atoms with Crippen molar-refractivity contribution in [2.45, 2.75) is 0 Å². The number of hydrogen-bond donors (Lipinski definition) is 0. The van der Waals surface area contributed by atoms with E-state index in [-0.39, 0.29) is 21.0 Å². The monoisotopic (exact) mass is 424 g/mol. The van der Waals surface area contributed by atoms with Crippen LogP contribution in [0, 0.1) is 5.82 Å². The third kappa shape index (κ3) is 3.85. The third-order valence-corrected chi connectivity index (χ3v) is 4.89. The van der Waals surface area contributed by atoms with Crippen molar-refractivity contribution in [1.29, 1.82) is 0 Å². The van der Waals surface area contributed by atoms with Crippen molar-refractivity contribution in [2.75, 3.05) is 26.2 Å². The number of carbonyl (C=O) groups is 2. The van der Waals surface area contributed by atoms with Crippen molar-refractivity contribution in [2.24, 2.45) is 0 Å². The van der Waals surface area contributed by atoms with Crippen LogP contribution >= 0.6 is 27.5 Å². The standard InChI is InChI=1S/C18H15BrClFN2O2/c19-15-11-13(20)10-14(16(15)21)18(25)23-8-6-22(7-9-23)17(24)12-4-2-1-3-5-12/h1-5,10-11H,6-9H2. The second-order valence-corrected chi connectivity index (χ2v) is 6.99. The van der Waals surface area contributed by atoms with Crippen LogP contribution in [0.4, 0.5) is 4.39 Å². The fourth-order valence-corrected chi connectivity index (χ4v) is 3.57. The number of rotatable bonds is 2. The molecule has 1 saturated heterocycles. The number of carbonyl (C=O) groups excluding carboxylic acids is 2. The van der Waals surface area contributed by atoms with Gasteiger partial charge in [0.25, 0.3) is 11.8 Å². The number of piperazine rings is 1. The first-order chi connectivity index (χ1) is 12.0. The number of benzene rings is 2. The van der Waals surface area contributed by atoms with Gasteiger partial charge in [-0.1, -0.05) is 29.8 Å². The van der Waals surface area contributed by atoms with Gasteiger partial charge in [0.1, 0.15) is 5.82 Å². The second kappa shape index (κ2) is 7.54. The Balaban J connectivity index is 1.68. The van der Waals surface area contributed by atoms with Crippen molar-refractivity contribution in [1.82, 2.24) is 9.80 Å². The summed E-state index contributed by atoms with van der Waals surface area (Å²) in [7, 11) is 0. The number of nitrogens with zero attached hydrogens (tertiary/aromatic N) is 2. The average Bonchev–Trinajstić information content (AvgIpc) is 2.64. The lowest BCUT2D eigenvalue weighted by Gasteiger charge is -2.35. The van der Waals surface area contributed by atoms with E-state index in [0.717, 1.165) is 0 Å². The maximum Gasteiger partial charge on any atom is 0.257 e. The minimum absolute atomic E-state index is 0.0654. The molecule has 0 N–H and O–H groups in total. The summed E-state index contributed by atoms with van der Waals surface area (Å²) < 4.78 is 14.3. The Morgan fingerprint density at radius 2 is 1.52 bits per heavy atom.